The van der Waals surface area contributed by atoms with Gasteiger partial charge >= 0.3 is 0 Å². The van der Waals surface area contributed by atoms with Gasteiger partial charge < -0.3 is 9.80 Å². The third kappa shape index (κ3) is 3.13. The molecule has 0 aromatic heterocycles. The van der Waals surface area contributed by atoms with E-state index in [0.29, 0.717) is 0 Å². The van der Waals surface area contributed by atoms with Gasteiger partial charge in [-0.3, -0.25) is 0 Å². The zero-order valence-electron chi connectivity index (χ0n) is 14.6. The van der Waals surface area contributed by atoms with Gasteiger partial charge in [-0.05, 0) is 49.7 Å². The van der Waals surface area contributed by atoms with Gasteiger partial charge in [0.25, 0.3) is 0 Å². The van der Waals surface area contributed by atoms with E-state index in [-0.39, 0.29) is 0 Å². The number of anilines is 4. The van der Waals surface area contributed by atoms with Gasteiger partial charge in [0.15, 0.2) is 0 Å². The van der Waals surface area contributed by atoms with Crippen LogP contribution in [0.1, 0.15) is 12.5 Å². The number of rotatable bonds is 5. The maximum absolute atomic E-state index is 2.35. The van der Waals surface area contributed by atoms with Crippen LogP contribution in [0.4, 0.5) is 22.7 Å². The third-order valence-corrected chi connectivity index (χ3v) is 4.39. The summed E-state index contributed by atoms with van der Waals surface area (Å²) in [5.41, 5.74) is 6.15. The van der Waals surface area contributed by atoms with Crippen molar-refractivity contribution in [2.45, 2.75) is 13.8 Å². The maximum Gasteiger partial charge on any atom is 0.0651 e. The van der Waals surface area contributed by atoms with Gasteiger partial charge in [0, 0.05) is 25.0 Å². The molecule has 0 atom stereocenters. The smallest absolute Gasteiger partial charge is 0.0651 e. The van der Waals surface area contributed by atoms with E-state index in [4.69, 9.17) is 0 Å². The molecule has 3 rings (SSSR count). The molecule has 0 spiro atoms. The molecule has 0 bridgehead atoms. The maximum atomic E-state index is 2.35. The summed E-state index contributed by atoms with van der Waals surface area (Å²) < 4.78 is 0. The number of hydrogen-bond donors (Lipinski definition) is 0. The number of aryl methyl sites for hydroxylation is 1. The number of para-hydroxylation sites is 4. The van der Waals surface area contributed by atoms with Crippen LogP contribution in [0, 0.1) is 6.92 Å². The SMILES string of the molecule is CCN(c1ccccc1)c1ccccc1N(C)c1ccccc1C. The summed E-state index contributed by atoms with van der Waals surface area (Å²) in [7, 11) is 2.14. The van der Waals surface area contributed by atoms with E-state index in [1.165, 1.54) is 28.3 Å². The molecule has 122 valence electrons. The molecule has 0 aliphatic heterocycles. The van der Waals surface area contributed by atoms with E-state index in [1.807, 2.05) is 0 Å². The molecule has 0 fully saturated rings. The lowest BCUT2D eigenvalue weighted by molar-refractivity contribution is 1.01. The third-order valence-electron chi connectivity index (χ3n) is 4.39. The van der Waals surface area contributed by atoms with E-state index < -0.39 is 0 Å². The molecule has 0 heterocycles. The summed E-state index contributed by atoms with van der Waals surface area (Å²) >= 11 is 0. The molecule has 0 aliphatic carbocycles. The minimum Gasteiger partial charge on any atom is -0.343 e. The Balaban J connectivity index is 2.06. The van der Waals surface area contributed by atoms with Crippen molar-refractivity contribution < 1.29 is 0 Å². The van der Waals surface area contributed by atoms with Crippen LogP contribution in [0.3, 0.4) is 0 Å². The molecule has 0 saturated heterocycles. The molecular formula is C22H24N2. The Kier molecular flexibility index (Phi) is 4.85. The fourth-order valence-electron chi connectivity index (χ4n) is 3.15. The van der Waals surface area contributed by atoms with Crippen LogP contribution in [0.2, 0.25) is 0 Å². The van der Waals surface area contributed by atoms with Gasteiger partial charge in [0.1, 0.15) is 0 Å². The Hall–Kier alpha value is -2.74. The first-order valence-electron chi connectivity index (χ1n) is 8.43. The zero-order valence-corrected chi connectivity index (χ0v) is 14.6. The summed E-state index contributed by atoms with van der Waals surface area (Å²) in [6.45, 7) is 5.27. The van der Waals surface area contributed by atoms with E-state index >= 15 is 0 Å². The molecule has 3 aromatic rings. The zero-order chi connectivity index (χ0) is 16.9. The first-order chi connectivity index (χ1) is 11.7. The molecule has 2 nitrogen and oxygen atoms in total. The second-order valence-corrected chi connectivity index (χ2v) is 5.91. The summed E-state index contributed by atoms with van der Waals surface area (Å²) in [6.07, 6.45) is 0. The highest BCUT2D eigenvalue weighted by Crippen LogP contribution is 2.37. The quantitative estimate of drug-likeness (QED) is 0.576. The minimum absolute atomic E-state index is 0.919. The van der Waals surface area contributed by atoms with Crippen LogP contribution in [-0.4, -0.2) is 13.6 Å². The lowest BCUT2D eigenvalue weighted by atomic mass is 10.1. The van der Waals surface area contributed by atoms with Crippen molar-refractivity contribution in [1.29, 1.82) is 0 Å². The van der Waals surface area contributed by atoms with E-state index in [1.54, 1.807) is 0 Å². The van der Waals surface area contributed by atoms with Crippen LogP contribution in [0.25, 0.3) is 0 Å². The molecule has 0 N–H and O–H groups in total. The average Bonchev–Trinajstić information content (AvgIpc) is 2.64. The lowest BCUT2D eigenvalue weighted by Gasteiger charge is -2.30. The summed E-state index contributed by atoms with van der Waals surface area (Å²) in [4.78, 5) is 4.63. The lowest BCUT2D eigenvalue weighted by Crippen LogP contribution is -2.20. The van der Waals surface area contributed by atoms with Crippen molar-refractivity contribution in [3.63, 3.8) is 0 Å². The molecule has 2 heteroatoms. The Morgan fingerprint density at radius 3 is 1.83 bits per heavy atom. The Morgan fingerprint density at radius 1 is 0.667 bits per heavy atom. The monoisotopic (exact) mass is 316 g/mol. The van der Waals surface area contributed by atoms with Crippen LogP contribution in [0.5, 0.6) is 0 Å². The van der Waals surface area contributed by atoms with Crippen molar-refractivity contribution >= 4 is 22.7 Å². The summed E-state index contributed by atoms with van der Waals surface area (Å²) in [5, 5.41) is 0. The molecule has 0 unspecified atom stereocenters. The molecule has 24 heavy (non-hydrogen) atoms. The van der Waals surface area contributed by atoms with Crippen molar-refractivity contribution in [3.05, 3.63) is 84.4 Å². The summed E-state index contributed by atoms with van der Waals surface area (Å²) in [6, 6.07) is 27.7. The van der Waals surface area contributed by atoms with E-state index in [9.17, 15) is 0 Å². The first kappa shape index (κ1) is 16.1. The van der Waals surface area contributed by atoms with Crippen molar-refractivity contribution in [2.75, 3.05) is 23.4 Å². The van der Waals surface area contributed by atoms with Crippen molar-refractivity contribution in [3.8, 4) is 0 Å². The Morgan fingerprint density at radius 2 is 1.21 bits per heavy atom. The van der Waals surface area contributed by atoms with Crippen molar-refractivity contribution in [2.24, 2.45) is 0 Å². The predicted octanol–water partition coefficient (Wildman–Crippen LogP) is 5.92. The van der Waals surface area contributed by atoms with Gasteiger partial charge in [-0.15, -0.1) is 0 Å². The second kappa shape index (κ2) is 7.22. The van der Waals surface area contributed by atoms with Gasteiger partial charge in [0.05, 0.1) is 11.4 Å². The molecule has 0 aliphatic rings. The molecule has 0 amide bonds. The largest absolute Gasteiger partial charge is 0.343 e. The van der Waals surface area contributed by atoms with E-state index in [0.717, 1.165) is 6.54 Å². The predicted molar refractivity (Wildman–Crippen MR) is 105 cm³/mol. The standard InChI is InChI=1S/C22H24N2/c1-4-24(19-13-6-5-7-14-19)22-17-11-10-16-21(22)23(3)20-15-9-8-12-18(20)2/h5-17H,4H2,1-3H3. The molecule has 0 saturated carbocycles. The van der Waals surface area contributed by atoms with Gasteiger partial charge in [-0.25, -0.2) is 0 Å². The topological polar surface area (TPSA) is 6.48 Å². The van der Waals surface area contributed by atoms with Crippen LogP contribution in [-0.2, 0) is 0 Å². The molecule has 3 aromatic carbocycles. The van der Waals surface area contributed by atoms with E-state index in [2.05, 4.69) is 110 Å². The summed E-state index contributed by atoms with van der Waals surface area (Å²) in [5.74, 6) is 0. The first-order valence-corrected chi connectivity index (χ1v) is 8.43. The fourth-order valence-corrected chi connectivity index (χ4v) is 3.15. The highest BCUT2D eigenvalue weighted by molar-refractivity contribution is 5.81. The normalized spacial score (nSPS) is 10.5. The molecular weight excluding hydrogens is 292 g/mol. The number of benzene rings is 3. The Labute approximate surface area is 145 Å². The van der Waals surface area contributed by atoms with Gasteiger partial charge in [-0.2, -0.15) is 0 Å². The average molecular weight is 316 g/mol. The van der Waals surface area contributed by atoms with Crippen LogP contribution in [0.15, 0.2) is 78.9 Å². The highest BCUT2D eigenvalue weighted by Gasteiger charge is 2.15. The fraction of sp³-hybridized carbons (Fsp3) is 0.182. The van der Waals surface area contributed by atoms with Crippen LogP contribution >= 0.6 is 0 Å². The minimum atomic E-state index is 0.919. The van der Waals surface area contributed by atoms with Gasteiger partial charge in [-0.1, -0.05) is 48.5 Å². The number of hydrogen-bond acceptors (Lipinski definition) is 2. The Bertz CT molecular complexity index is 796. The van der Waals surface area contributed by atoms with Crippen LogP contribution < -0.4 is 9.80 Å². The number of nitrogens with zero attached hydrogens (tertiary/aromatic N) is 2. The molecule has 0 radical (unpaired) electrons. The highest BCUT2D eigenvalue weighted by atomic mass is 15.2. The van der Waals surface area contributed by atoms with Gasteiger partial charge in [0.2, 0.25) is 0 Å². The second-order valence-electron chi connectivity index (χ2n) is 5.91. The van der Waals surface area contributed by atoms with Crippen molar-refractivity contribution in [1.82, 2.24) is 0 Å².